The first-order valence-electron chi connectivity index (χ1n) is 4.74. The molecule has 0 saturated heterocycles. The standard InChI is InChI=1S/C11H9ClN2O3/c1-17-9-6-13-14(10(9)11(15)16)8-4-2-3-7(12)5-8/h2-6H,1H3,(H,15,16). The zero-order valence-corrected chi connectivity index (χ0v) is 9.68. The Morgan fingerprint density at radius 3 is 2.88 bits per heavy atom. The molecule has 5 nitrogen and oxygen atoms in total. The van der Waals surface area contributed by atoms with Crippen molar-refractivity contribution < 1.29 is 14.6 Å². The number of carboxylic acids is 1. The topological polar surface area (TPSA) is 64.4 Å². The van der Waals surface area contributed by atoms with E-state index >= 15 is 0 Å². The van der Waals surface area contributed by atoms with Crippen molar-refractivity contribution in [3.05, 3.63) is 41.2 Å². The van der Waals surface area contributed by atoms with Gasteiger partial charge in [-0.05, 0) is 18.2 Å². The summed E-state index contributed by atoms with van der Waals surface area (Å²) in [4.78, 5) is 11.1. The highest BCUT2D eigenvalue weighted by Gasteiger charge is 2.19. The van der Waals surface area contributed by atoms with Gasteiger partial charge in [0, 0.05) is 5.02 Å². The second kappa shape index (κ2) is 4.47. The SMILES string of the molecule is COc1cnn(-c2cccc(Cl)c2)c1C(=O)O. The van der Waals surface area contributed by atoms with Crippen molar-refractivity contribution in [3.8, 4) is 11.4 Å². The van der Waals surface area contributed by atoms with E-state index < -0.39 is 5.97 Å². The lowest BCUT2D eigenvalue weighted by molar-refractivity contribution is 0.0683. The summed E-state index contributed by atoms with van der Waals surface area (Å²) < 4.78 is 6.21. The predicted octanol–water partition coefficient (Wildman–Crippen LogP) is 2.23. The highest BCUT2D eigenvalue weighted by molar-refractivity contribution is 6.30. The van der Waals surface area contributed by atoms with E-state index in [0.717, 1.165) is 0 Å². The van der Waals surface area contributed by atoms with Gasteiger partial charge in [-0.1, -0.05) is 17.7 Å². The van der Waals surface area contributed by atoms with Crippen LogP contribution in [0.3, 0.4) is 0 Å². The zero-order chi connectivity index (χ0) is 12.4. The van der Waals surface area contributed by atoms with E-state index in [1.807, 2.05) is 0 Å². The van der Waals surface area contributed by atoms with Gasteiger partial charge in [-0.15, -0.1) is 0 Å². The molecule has 88 valence electrons. The van der Waals surface area contributed by atoms with Crippen LogP contribution in [0.15, 0.2) is 30.5 Å². The van der Waals surface area contributed by atoms with Gasteiger partial charge in [0.2, 0.25) is 0 Å². The summed E-state index contributed by atoms with van der Waals surface area (Å²) in [7, 11) is 1.39. The fraction of sp³-hybridized carbons (Fsp3) is 0.0909. The van der Waals surface area contributed by atoms with Crippen molar-refractivity contribution in [1.82, 2.24) is 9.78 Å². The molecule has 1 aromatic heterocycles. The Hall–Kier alpha value is -2.01. The Morgan fingerprint density at radius 1 is 1.53 bits per heavy atom. The molecule has 1 N–H and O–H groups in total. The predicted molar refractivity (Wildman–Crippen MR) is 62.1 cm³/mol. The van der Waals surface area contributed by atoms with Crippen LogP contribution in [0, 0.1) is 0 Å². The largest absolute Gasteiger partial charge is 0.493 e. The minimum atomic E-state index is -1.11. The van der Waals surface area contributed by atoms with Gasteiger partial charge < -0.3 is 9.84 Å². The van der Waals surface area contributed by atoms with Crippen molar-refractivity contribution in [3.63, 3.8) is 0 Å². The molecule has 0 aliphatic rings. The average Bonchev–Trinajstić information content (AvgIpc) is 2.72. The lowest BCUT2D eigenvalue weighted by Crippen LogP contribution is -2.09. The van der Waals surface area contributed by atoms with Crippen LogP contribution in [0.1, 0.15) is 10.5 Å². The minimum Gasteiger partial charge on any atom is -0.493 e. The summed E-state index contributed by atoms with van der Waals surface area (Å²) in [6, 6.07) is 6.76. The number of rotatable bonds is 3. The number of hydrogen-bond acceptors (Lipinski definition) is 3. The van der Waals surface area contributed by atoms with Gasteiger partial charge in [0.15, 0.2) is 11.4 Å². The summed E-state index contributed by atoms with van der Waals surface area (Å²) in [6.07, 6.45) is 1.35. The Kier molecular flexibility index (Phi) is 3.01. The van der Waals surface area contributed by atoms with Crippen LogP contribution in [0.5, 0.6) is 5.75 Å². The van der Waals surface area contributed by atoms with E-state index in [1.54, 1.807) is 24.3 Å². The van der Waals surface area contributed by atoms with Gasteiger partial charge in [-0.25, -0.2) is 9.48 Å². The van der Waals surface area contributed by atoms with Gasteiger partial charge in [-0.2, -0.15) is 5.10 Å². The second-order valence-corrected chi connectivity index (χ2v) is 3.69. The van der Waals surface area contributed by atoms with Crippen LogP contribution in [-0.2, 0) is 0 Å². The number of halogens is 1. The summed E-state index contributed by atoms with van der Waals surface area (Å²) in [6.45, 7) is 0. The fourth-order valence-electron chi connectivity index (χ4n) is 1.48. The van der Waals surface area contributed by atoms with E-state index in [9.17, 15) is 4.79 Å². The molecule has 2 aromatic rings. The first-order chi connectivity index (χ1) is 8.13. The van der Waals surface area contributed by atoms with Crippen LogP contribution < -0.4 is 4.74 Å². The normalized spacial score (nSPS) is 10.2. The van der Waals surface area contributed by atoms with E-state index in [4.69, 9.17) is 21.4 Å². The molecule has 1 aromatic carbocycles. The number of aromatic nitrogens is 2. The van der Waals surface area contributed by atoms with Crippen LogP contribution >= 0.6 is 11.6 Å². The lowest BCUT2D eigenvalue weighted by atomic mass is 10.3. The average molecular weight is 253 g/mol. The number of hydrogen-bond donors (Lipinski definition) is 1. The molecule has 0 saturated carbocycles. The maximum atomic E-state index is 11.1. The van der Waals surface area contributed by atoms with E-state index in [1.165, 1.54) is 18.0 Å². The molecule has 1 heterocycles. The van der Waals surface area contributed by atoms with Crippen molar-refractivity contribution >= 4 is 17.6 Å². The molecule has 0 aliphatic carbocycles. The molecule has 2 rings (SSSR count). The molecule has 17 heavy (non-hydrogen) atoms. The zero-order valence-electron chi connectivity index (χ0n) is 8.92. The lowest BCUT2D eigenvalue weighted by Gasteiger charge is -2.05. The van der Waals surface area contributed by atoms with E-state index in [2.05, 4.69) is 5.10 Å². The highest BCUT2D eigenvalue weighted by atomic mass is 35.5. The quantitative estimate of drug-likeness (QED) is 0.910. The second-order valence-electron chi connectivity index (χ2n) is 3.26. The molecule has 6 heteroatoms. The monoisotopic (exact) mass is 252 g/mol. The summed E-state index contributed by atoms with van der Waals surface area (Å²) in [5.74, 6) is -0.906. The Morgan fingerprint density at radius 2 is 2.29 bits per heavy atom. The van der Waals surface area contributed by atoms with Crippen molar-refractivity contribution in [1.29, 1.82) is 0 Å². The molecule has 0 atom stereocenters. The number of carbonyl (C=O) groups is 1. The van der Waals surface area contributed by atoms with Gasteiger partial charge in [0.05, 0.1) is 19.0 Å². The molecule has 0 amide bonds. The van der Waals surface area contributed by atoms with Crippen LogP contribution in [0.25, 0.3) is 5.69 Å². The third kappa shape index (κ3) is 2.09. The van der Waals surface area contributed by atoms with Gasteiger partial charge in [0.25, 0.3) is 0 Å². The van der Waals surface area contributed by atoms with Crippen LogP contribution in [-0.4, -0.2) is 28.0 Å². The number of ether oxygens (including phenoxy) is 1. The molecular formula is C11H9ClN2O3. The Labute approximate surface area is 102 Å². The minimum absolute atomic E-state index is 0.0326. The Bertz CT molecular complexity index is 566. The summed E-state index contributed by atoms with van der Waals surface area (Å²) >= 11 is 5.85. The maximum Gasteiger partial charge on any atom is 0.358 e. The molecule has 0 aliphatic heterocycles. The molecule has 0 radical (unpaired) electrons. The third-order valence-electron chi connectivity index (χ3n) is 2.21. The van der Waals surface area contributed by atoms with Crippen LogP contribution in [0.2, 0.25) is 5.02 Å². The van der Waals surface area contributed by atoms with Gasteiger partial charge >= 0.3 is 5.97 Å². The van der Waals surface area contributed by atoms with E-state index in [-0.39, 0.29) is 11.4 Å². The maximum absolute atomic E-state index is 11.1. The number of carboxylic acid groups (broad SMARTS) is 1. The van der Waals surface area contributed by atoms with Gasteiger partial charge in [0.1, 0.15) is 0 Å². The fourth-order valence-corrected chi connectivity index (χ4v) is 1.67. The van der Waals surface area contributed by atoms with Crippen molar-refractivity contribution in [2.45, 2.75) is 0 Å². The van der Waals surface area contributed by atoms with Crippen molar-refractivity contribution in [2.75, 3.05) is 7.11 Å². The summed E-state index contributed by atoms with van der Waals surface area (Å²) in [5.41, 5.74) is 0.535. The highest BCUT2D eigenvalue weighted by Crippen LogP contribution is 2.22. The van der Waals surface area contributed by atoms with E-state index in [0.29, 0.717) is 10.7 Å². The third-order valence-corrected chi connectivity index (χ3v) is 2.45. The molecular weight excluding hydrogens is 244 g/mol. The van der Waals surface area contributed by atoms with Gasteiger partial charge in [-0.3, -0.25) is 0 Å². The number of methoxy groups -OCH3 is 1. The van der Waals surface area contributed by atoms with Crippen LogP contribution in [0.4, 0.5) is 0 Å². The first-order valence-corrected chi connectivity index (χ1v) is 5.12. The summed E-state index contributed by atoms with van der Waals surface area (Å²) in [5, 5.41) is 13.6. The smallest absolute Gasteiger partial charge is 0.358 e. The Balaban J connectivity index is 2.60. The molecule has 0 unspecified atom stereocenters. The molecule has 0 spiro atoms. The number of nitrogens with zero attached hydrogens (tertiary/aromatic N) is 2. The first kappa shape index (κ1) is 11.5. The number of aromatic carboxylic acids is 1. The molecule has 0 bridgehead atoms. The van der Waals surface area contributed by atoms with Crippen molar-refractivity contribution in [2.24, 2.45) is 0 Å². The molecule has 0 fully saturated rings. The number of benzene rings is 1.